The van der Waals surface area contributed by atoms with Gasteiger partial charge in [-0.1, -0.05) is 13.8 Å². The van der Waals surface area contributed by atoms with Crippen LogP contribution in [-0.4, -0.2) is 42.2 Å². The van der Waals surface area contributed by atoms with E-state index in [-0.39, 0.29) is 12.2 Å². The maximum absolute atomic E-state index is 12.6. The van der Waals surface area contributed by atoms with Crippen LogP contribution in [0, 0.1) is 0 Å². The summed E-state index contributed by atoms with van der Waals surface area (Å²) in [4.78, 5) is 15.0. The molecule has 0 bridgehead atoms. The first-order valence-electron chi connectivity index (χ1n) is 10.00. The van der Waals surface area contributed by atoms with Crippen molar-refractivity contribution in [3.05, 3.63) is 46.9 Å². The van der Waals surface area contributed by atoms with Gasteiger partial charge in [-0.15, -0.1) is 0 Å². The molecule has 0 unspecified atom stereocenters. The van der Waals surface area contributed by atoms with E-state index in [4.69, 9.17) is 4.74 Å². The normalized spacial score (nSPS) is 16.9. The molecule has 0 amide bonds. The molecule has 8 heteroatoms. The number of carbonyl (C=O) groups is 1. The predicted molar refractivity (Wildman–Crippen MR) is 105 cm³/mol. The van der Waals surface area contributed by atoms with Crippen LogP contribution in [0.5, 0.6) is 5.75 Å². The number of halogens is 3. The Hall–Kier alpha value is -2.35. The summed E-state index contributed by atoms with van der Waals surface area (Å²) in [5, 5.41) is 1.59. The van der Waals surface area contributed by atoms with E-state index in [1.54, 1.807) is 17.1 Å². The molecule has 29 heavy (non-hydrogen) atoms. The van der Waals surface area contributed by atoms with Crippen LogP contribution in [0.15, 0.2) is 41.2 Å². The van der Waals surface area contributed by atoms with Gasteiger partial charge in [-0.25, -0.2) is 10.4 Å². The third-order valence-corrected chi connectivity index (χ3v) is 4.69. The number of hydrazine groups is 1. The van der Waals surface area contributed by atoms with Crippen molar-refractivity contribution in [2.45, 2.75) is 52.1 Å². The molecule has 0 spiro atoms. The van der Waals surface area contributed by atoms with Crippen LogP contribution in [0.1, 0.15) is 56.4 Å². The molecule has 5 nitrogen and oxygen atoms in total. The first-order valence-corrected chi connectivity index (χ1v) is 10.00. The van der Waals surface area contributed by atoms with Crippen LogP contribution < -0.4 is 10.2 Å². The van der Waals surface area contributed by atoms with Gasteiger partial charge in [-0.05, 0) is 55.0 Å². The third-order valence-electron chi connectivity index (χ3n) is 4.69. The van der Waals surface area contributed by atoms with Gasteiger partial charge in [0.1, 0.15) is 18.1 Å². The highest BCUT2D eigenvalue weighted by molar-refractivity contribution is 5.76. The van der Waals surface area contributed by atoms with E-state index < -0.39 is 12.6 Å². The van der Waals surface area contributed by atoms with Crippen molar-refractivity contribution >= 4 is 6.29 Å². The van der Waals surface area contributed by atoms with Gasteiger partial charge in [0.05, 0.1) is 12.1 Å². The van der Waals surface area contributed by atoms with Crippen LogP contribution in [0.2, 0.25) is 0 Å². The Morgan fingerprint density at radius 2 is 2.03 bits per heavy atom. The van der Waals surface area contributed by atoms with E-state index in [1.807, 2.05) is 19.9 Å². The summed E-state index contributed by atoms with van der Waals surface area (Å²) in [5.41, 5.74) is 6.17. The molecular weight excluding hydrogens is 383 g/mol. The summed E-state index contributed by atoms with van der Waals surface area (Å²) >= 11 is 0. The van der Waals surface area contributed by atoms with Crippen molar-refractivity contribution < 1.29 is 22.7 Å². The Bertz CT molecular complexity index is 745. The first kappa shape index (κ1) is 22.9. The minimum absolute atomic E-state index is 0.120. The van der Waals surface area contributed by atoms with Gasteiger partial charge in [-0.2, -0.15) is 13.2 Å². The van der Waals surface area contributed by atoms with Crippen molar-refractivity contribution in [3.8, 4) is 5.75 Å². The molecule has 0 saturated heterocycles. The molecule has 1 N–H and O–H groups in total. The Balaban J connectivity index is 0.00000145. The third kappa shape index (κ3) is 6.59. The van der Waals surface area contributed by atoms with E-state index >= 15 is 0 Å². The Labute approximate surface area is 169 Å². The number of ether oxygens (including phenoxy) is 1. The number of hydrogen-bond donors (Lipinski definition) is 1. The van der Waals surface area contributed by atoms with Gasteiger partial charge in [0, 0.05) is 19.3 Å². The van der Waals surface area contributed by atoms with Gasteiger partial charge in [0.25, 0.3) is 0 Å². The zero-order valence-corrected chi connectivity index (χ0v) is 16.9. The second-order valence-electron chi connectivity index (χ2n) is 6.55. The summed E-state index contributed by atoms with van der Waals surface area (Å²) in [6.45, 7) is 4.69. The molecule has 1 aliphatic heterocycles. The van der Waals surface area contributed by atoms with E-state index in [0.717, 1.165) is 42.5 Å². The molecule has 1 aromatic rings. The van der Waals surface area contributed by atoms with Crippen molar-refractivity contribution in [2.75, 3.05) is 19.7 Å². The zero-order chi connectivity index (χ0) is 21.3. The fourth-order valence-electron chi connectivity index (χ4n) is 3.39. The summed E-state index contributed by atoms with van der Waals surface area (Å²) in [6, 6.07) is 3.38. The van der Waals surface area contributed by atoms with Crippen molar-refractivity contribution in [1.82, 2.24) is 15.4 Å². The van der Waals surface area contributed by atoms with Crippen LogP contribution in [-0.2, 0) is 0 Å². The van der Waals surface area contributed by atoms with Gasteiger partial charge in [0.2, 0.25) is 0 Å². The minimum atomic E-state index is -4.19. The van der Waals surface area contributed by atoms with Crippen molar-refractivity contribution in [1.29, 1.82) is 0 Å². The largest absolute Gasteiger partial charge is 0.487 e. The monoisotopic (exact) mass is 411 g/mol. The maximum Gasteiger partial charge on any atom is 0.390 e. The highest BCUT2D eigenvalue weighted by Crippen LogP contribution is 2.33. The quantitative estimate of drug-likeness (QED) is 0.652. The molecular formula is C21H28F3N3O2. The highest BCUT2D eigenvalue weighted by atomic mass is 19.4. The molecule has 2 heterocycles. The number of carbonyl (C=O) groups excluding carboxylic acids is 1. The molecule has 1 aromatic heterocycles. The maximum atomic E-state index is 12.6. The van der Waals surface area contributed by atoms with E-state index in [0.29, 0.717) is 25.2 Å². The number of aromatic nitrogens is 1. The van der Waals surface area contributed by atoms with Crippen LogP contribution in [0.25, 0.3) is 0 Å². The number of hydrogen-bond acceptors (Lipinski definition) is 5. The second-order valence-corrected chi connectivity index (χ2v) is 6.55. The number of allylic oxidation sites excluding steroid dienone is 1. The molecule has 1 aliphatic carbocycles. The zero-order valence-electron chi connectivity index (χ0n) is 16.9. The molecule has 0 aromatic carbocycles. The van der Waals surface area contributed by atoms with Gasteiger partial charge < -0.3 is 9.75 Å². The van der Waals surface area contributed by atoms with Gasteiger partial charge >= 0.3 is 6.18 Å². The molecule has 2 aliphatic rings. The molecule has 0 radical (unpaired) electrons. The average molecular weight is 411 g/mol. The molecule has 3 rings (SSSR count). The minimum Gasteiger partial charge on any atom is -0.487 e. The number of nitrogens with one attached hydrogen (secondary N) is 1. The fourth-order valence-corrected chi connectivity index (χ4v) is 3.39. The van der Waals surface area contributed by atoms with E-state index in [1.165, 1.54) is 6.20 Å². The summed E-state index contributed by atoms with van der Waals surface area (Å²) < 4.78 is 43.6. The SMILES string of the molecule is CC.O=Cc1ncccc1OCC1=C(C2=CCNN2CCC(F)(F)F)CCCC1. The number of aldehydes is 1. The van der Waals surface area contributed by atoms with Crippen LogP contribution in [0.3, 0.4) is 0 Å². The molecule has 0 atom stereocenters. The summed E-state index contributed by atoms with van der Waals surface area (Å²) in [6.07, 6.45) is 2.69. The number of nitrogens with zero attached hydrogens (tertiary/aromatic N) is 2. The average Bonchev–Trinajstić information content (AvgIpc) is 3.20. The second kappa shape index (κ2) is 11.0. The van der Waals surface area contributed by atoms with Gasteiger partial charge in [-0.3, -0.25) is 4.79 Å². The fraction of sp³-hybridized carbons (Fsp3) is 0.524. The van der Waals surface area contributed by atoms with Crippen LogP contribution >= 0.6 is 0 Å². The van der Waals surface area contributed by atoms with Crippen LogP contribution in [0.4, 0.5) is 13.2 Å². The van der Waals surface area contributed by atoms with Crippen molar-refractivity contribution in [2.24, 2.45) is 0 Å². The van der Waals surface area contributed by atoms with Gasteiger partial charge in [0.15, 0.2) is 6.29 Å². The Morgan fingerprint density at radius 1 is 1.28 bits per heavy atom. The molecule has 0 saturated carbocycles. The van der Waals surface area contributed by atoms with E-state index in [9.17, 15) is 18.0 Å². The number of rotatable bonds is 7. The highest BCUT2D eigenvalue weighted by Gasteiger charge is 2.30. The lowest BCUT2D eigenvalue weighted by Crippen LogP contribution is -2.36. The lowest BCUT2D eigenvalue weighted by molar-refractivity contribution is -0.137. The van der Waals surface area contributed by atoms with Crippen molar-refractivity contribution in [3.63, 3.8) is 0 Å². The lowest BCUT2D eigenvalue weighted by Gasteiger charge is -2.29. The topological polar surface area (TPSA) is 54.5 Å². The molecule has 160 valence electrons. The summed E-state index contributed by atoms with van der Waals surface area (Å²) in [5.74, 6) is 0.414. The lowest BCUT2D eigenvalue weighted by atomic mass is 9.90. The Kier molecular flexibility index (Phi) is 8.70. The standard InChI is InChI=1S/C19H22F3N3O2.C2H6/c20-19(21,22)8-11-25-17(7-10-24-25)15-5-2-1-4-14(15)13-27-18-6-3-9-23-16(18)12-26;1-2/h3,6-7,9,12,24H,1-2,4-5,8,10-11,13H2;1-2H3. The summed E-state index contributed by atoms with van der Waals surface area (Å²) in [7, 11) is 0. The smallest absolute Gasteiger partial charge is 0.390 e. The van der Waals surface area contributed by atoms with E-state index in [2.05, 4.69) is 10.4 Å². The molecule has 0 fully saturated rings. The predicted octanol–water partition coefficient (Wildman–Crippen LogP) is 4.83. The number of alkyl halides is 3. The number of pyridine rings is 1. The first-order chi connectivity index (χ1) is 14.0. The Morgan fingerprint density at radius 3 is 2.76 bits per heavy atom.